The molecule has 2 saturated heterocycles. The molecule has 2 heterocycles. The molecule has 27 heavy (non-hydrogen) atoms. The van der Waals surface area contributed by atoms with Gasteiger partial charge in [0.2, 0.25) is 0 Å². The van der Waals surface area contributed by atoms with Crippen molar-refractivity contribution < 1.29 is 14.6 Å². The van der Waals surface area contributed by atoms with Crippen molar-refractivity contribution in [3.8, 4) is 11.5 Å². The van der Waals surface area contributed by atoms with Gasteiger partial charge in [-0.2, -0.15) is 0 Å². The molecular formula is C21H23ClN2O3. The fourth-order valence-corrected chi connectivity index (χ4v) is 4.42. The van der Waals surface area contributed by atoms with Gasteiger partial charge in [-0.3, -0.25) is 4.90 Å². The molecule has 0 radical (unpaired) electrons. The molecular weight excluding hydrogens is 364 g/mol. The molecule has 0 aromatic heterocycles. The molecule has 2 fully saturated rings. The van der Waals surface area contributed by atoms with Crippen molar-refractivity contribution in [3.05, 3.63) is 59.1 Å². The lowest BCUT2D eigenvalue weighted by Gasteiger charge is -2.35. The number of ether oxygens (including phenoxy) is 1. The molecule has 0 saturated carbocycles. The van der Waals surface area contributed by atoms with Crippen molar-refractivity contribution in [3.63, 3.8) is 0 Å². The van der Waals surface area contributed by atoms with Gasteiger partial charge in [-0.25, -0.2) is 4.79 Å². The van der Waals surface area contributed by atoms with Crippen LogP contribution in [0.2, 0.25) is 5.02 Å². The zero-order valence-corrected chi connectivity index (χ0v) is 15.9. The van der Waals surface area contributed by atoms with Crippen LogP contribution in [0.1, 0.15) is 24.8 Å². The minimum atomic E-state index is -0.808. The van der Waals surface area contributed by atoms with E-state index in [1.54, 1.807) is 4.90 Å². The molecule has 4 rings (SSSR count). The number of benzene rings is 2. The number of amides is 1. The van der Waals surface area contributed by atoms with Crippen LogP contribution in [0.15, 0.2) is 48.5 Å². The maximum absolute atomic E-state index is 11.3. The van der Waals surface area contributed by atoms with E-state index < -0.39 is 6.09 Å². The summed E-state index contributed by atoms with van der Waals surface area (Å²) in [5.74, 6) is 1.55. The molecule has 1 spiro atoms. The molecule has 2 aliphatic rings. The maximum atomic E-state index is 11.3. The lowest BCUT2D eigenvalue weighted by atomic mass is 9.95. The van der Waals surface area contributed by atoms with Crippen LogP contribution in [-0.4, -0.2) is 46.2 Å². The van der Waals surface area contributed by atoms with Gasteiger partial charge in [0.05, 0.1) is 0 Å². The monoisotopic (exact) mass is 386 g/mol. The Morgan fingerprint density at radius 2 is 1.93 bits per heavy atom. The smallest absolute Gasteiger partial charge is 0.407 e. The number of halogens is 1. The normalized spacial score (nSPS) is 22.5. The highest BCUT2D eigenvalue weighted by molar-refractivity contribution is 6.30. The summed E-state index contributed by atoms with van der Waals surface area (Å²) in [5.41, 5.74) is 1.17. The van der Waals surface area contributed by atoms with E-state index in [-0.39, 0.29) is 5.54 Å². The molecule has 1 atom stereocenters. The summed E-state index contributed by atoms with van der Waals surface area (Å²) < 4.78 is 5.94. The van der Waals surface area contributed by atoms with Crippen LogP contribution in [-0.2, 0) is 6.54 Å². The molecule has 5 nitrogen and oxygen atoms in total. The largest absolute Gasteiger partial charge is 0.465 e. The van der Waals surface area contributed by atoms with Crippen molar-refractivity contribution in [1.29, 1.82) is 0 Å². The van der Waals surface area contributed by atoms with Gasteiger partial charge in [-0.1, -0.05) is 23.7 Å². The van der Waals surface area contributed by atoms with Crippen LogP contribution < -0.4 is 4.74 Å². The highest BCUT2D eigenvalue weighted by atomic mass is 35.5. The lowest BCUT2D eigenvalue weighted by molar-refractivity contribution is 0.120. The standard InChI is InChI=1S/C21H23ClN2O3/c22-17-5-7-18(8-6-17)27-19-4-1-3-16(13-19)14-24-11-2-9-21(24)10-12-23(15-21)20(25)26/h1,3-8,13H,2,9-12,14-15H2,(H,25,26). The Balaban J connectivity index is 1.46. The molecule has 1 unspecified atom stereocenters. The zero-order valence-electron chi connectivity index (χ0n) is 15.1. The van der Waals surface area contributed by atoms with Crippen molar-refractivity contribution in [2.45, 2.75) is 31.3 Å². The molecule has 6 heteroatoms. The first kappa shape index (κ1) is 18.1. The fraction of sp³-hybridized carbons (Fsp3) is 0.381. The molecule has 0 bridgehead atoms. The summed E-state index contributed by atoms with van der Waals surface area (Å²) in [6, 6.07) is 15.4. The van der Waals surface area contributed by atoms with Crippen molar-refractivity contribution in [1.82, 2.24) is 9.80 Å². The van der Waals surface area contributed by atoms with Gasteiger partial charge >= 0.3 is 6.09 Å². The fourth-order valence-electron chi connectivity index (χ4n) is 4.29. The maximum Gasteiger partial charge on any atom is 0.407 e. The van der Waals surface area contributed by atoms with Gasteiger partial charge < -0.3 is 14.7 Å². The van der Waals surface area contributed by atoms with Crippen LogP contribution in [0.25, 0.3) is 0 Å². The van der Waals surface area contributed by atoms with Gasteiger partial charge in [-0.05, 0) is 67.8 Å². The minimum Gasteiger partial charge on any atom is -0.465 e. The summed E-state index contributed by atoms with van der Waals surface area (Å²) >= 11 is 5.92. The summed E-state index contributed by atoms with van der Waals surface area (Å²) in [5, 5.41) is 9.99. The van der Waals surface area contributed by atoms with Gasteiger partial charge in [0.15, 0.2) is 0 Å². The Hall–Kier alpha value is -2.24. The van der Waals surface area contributed by atoms with Crippen LogP contribution in [0, 0.1) is 0 Å². The lowest BCUT2D eigenvalue weighted by Crippen LogP contribution is -2.46. The quantitative estimate of drug-likeness (QED) is 0.816. The van der Waals surface area contributed by atoms with Crippen LogP contribution in [0.4, 0.5) is 4.79 Å². The molecule has 2 aromatic rings. The second-order valence-electron chi connectivity index (χ2n) is 7.41. The highest BCUT2D eigenvalue weighted by Gasteiger charge is 2.46. The third-order valence-electron chi connectivity index (χ3n) is 5.66. The molecule has 1 N–H and O–H groups in total. The Kier molecular flexibility index (Phi) is 4.98. The van der Waals surface area contributed by atoms with Crippen LogP contribution in [0.3, 0.4) is 0 Å². The minimum absolute atomic E-state index is 0.00850. The average Bonchev–Trinajstić information content (AvgIpc) is 3.25. The topological polar surface area (TPSA) is 53.0 Å². The molecule has 2 aromatic carbocycles. The van der Waals surface area contributed by atoms with Gasteiger partial charge in [0.25, 0.3) is 0 Å². The van der Waals surface area contributed by atoms with Gasteiger partial charge in [0.1, 0.15) is 11.5 Å². The van der Waals surface area contributed by atoms with E-state index in [0.717, 1.165) is 43.9 Å². The predicted octanol–water partition coefficient (Wildman–Crippen LogP) is 4.85. The van der Waals surface area contributed by atoms with E-state index in [1.165, 1.54) is 5.56 Å². The van der Waals surface area contributed by atoms with E-state index in [0.29, 0.717) is 18.1 Å². The van der Waals surface area contributed by atoms with E-state index >= 15 is 0 Å². The third kappa shape index (κ3) is 3.89. The first-order chi connectivity index (χ1) is 13.0. The third-order valence-corrected chi connectivity index (χ3v) is 5.92. The average molecular weight is 387 g/mol. The number of rotatable bonds is 4. The number of hydrogen-bond donors (Lipinski definition) is 1. The first-order valence-corrected chi connectivity index (χ1v) is 9.67. The number of hydrogen-bond acceptors (Lipinski definition) is 3. The second kappa shape index (κ2) is 7.41. The van der Waals surface area contributed by atoms with Gasteiger partial charge in [-0.15, -0.1) is 0 Å². The van der Waals surface area contributed by atoms with Crippen molar-refractivity contribution in [2.24, 2.45) is 0 Å². The molecule has 142 valence electrons. The van der Waals surface area contributed by atoms with Crippen LogP contribution >= 0.6 is 11.6 Å². The summed E-state index contributed by atoms with van der Waals surface area (Å²) in [6.07, 6.45) is 2.30. The predicted molar refractivity (Wildman–Crippen MR) is 105 cm³/mol. The number of carbonyl (C=O) groups is 1. The molecule has 2 aliphatic heterocycles. The van der Waals surface area contributed by atoms with E-state index in [4.69, 9.17) is 16.3 Å². The van der Waals surface area contributed by atoms with Gasteiger partial charge in [0, 0.05) is 30.2 Å². The summed E-state index contributed by atoms with van der Waals surface area (Å²) in [6.45, 7) is 3.07. The number of likely N-dealkylation sites (tertiary alicyclic amines) is 2. The van der Waals surface area contributed by atoms with E-state index in [1.807, 2.05) is 36.4 Å². The van der Waals surface area contributed by atoms with Crippen molar-refractivity contribution in [2.75, 3.05) is 19.6 Å². The summed E-state index contributed by atoms with van der Waals surface area (Å²) in [4.78, 5) is 15.3. The van der Waals surface area contributed by atoms with E-state index in [9.17, 15) is 9.90 Å². The SMILES string of the molecule is O=C(O)N1CCC2(CCCN2Cc2cccc(Oc3ccc(Cl)cc3)c2)C1. The first-order valence-electron chi connectivity index (χ1n) is 9.29. The van der Waals surface area contributed by atoms with E-state index in [2.05, 4.69) is 17.0 Å². The molecule has 0 aliphatic carbocycles. The van der Waals surface area contributed by atoms with Crippen molar-refractivity contribution >= 4 is 17.7 Å². The Morgan fingerprint density at radius 3 is 2.67 bits per heavy atom. The summed E-state index contributed by atoms with van der Waals surface area (Å²) in [7, 11) is 0. The molecule has 1 amide bonds. The second-order valence-corrected chi connectivity index (χ2v) is 7.84. The Labute approximate surface area is 164 Å². The zero-order chi connectivity index (χ0) is 18.9. The Bertz CT molecular complexity index is 826. The Morgan fingerprint density at radius 1 is 1.11 bits per heavy atom. The highest BCUT2D eigenvalue weighted by Crippen LogP contribution is 2.39. The van der Waals surface area contributed by atoms with Crippen LogP contribution in [0.5, 0.6) is 11.5 Å². The number of nitrogens with zero attached hydrogens (tertiary/aromatic N) is 2. The number of carboxylic acid groups (broad SMARTS) is 1.